The van der Waals surface area contributed by atoms with Gasteiger partial charge in [-0.15, -0.1) is 0 Å². The molecule has 0 aromatic heterocycles. The van der Waals surface area contributed by atoms with Crippen molar-refractivity contribution in [3.05, 3.63) is 12.2 Å². The molecule has 32 heavy (non-hydrogen) atoms. The molecular weight excluding hydrogens is 394 g/mol. The molecule has 0 amide bonds. The van der Waals surface area contributed by atoms with Crippen molar-refractivity contribution in [2.75, 3.05) is 20.6 Å². The Hall–Kier alpha value is -0.830. The van der Waals surface area contributed by atoms with Crippen LogP contribution in [0, 0.1) is 5.92 Å². The van der Waals surface area contributed by atoms with E-state index in [0.717, 1.165) is 25.2 Å². The van der Waals surface area contributed by atoms with Crippen LogP contribution in [-0.2, 0) is 4.79 Å². The summed E-state index contributed by atoms with van der Waals surface area (Å²) < 4.78 is 0. The molecule has 1 unspecified atom stereocenters. The SMILES string of the molecule is CCCCCCCCCC(CCCCCCCCCCC=CCCCC(=O)O)CN(C)C. The van der Waals surface area contributed by atoms with Gasteiger partial charge >= 0.3 is 5.97 Å². The highest BCUT2D eigenvalue weighted by molar-refractivity contribution is 5.66. The van der Waals surface area contributed by atoms with Crippen molar-refractivity contribution in [3.63, 3.8) is 0 Å². The van der Waals surface area contributed by atoms with Gasteiger partial charge in [0, 0.05) is 13.0 Å². The molecule has 0 saturated carbocycles. The Kier molecular flexibility index (Phi) is 24.2. The molecule has 0 aliphatic rings. The number of hydrogen-bond donors (Lipinski definition) is 1. The van der Waals surface area contributed by atoms with Gasteiger partial charge in [-0.2, -0.15) is 0 Å². The van der Waals surface area contributed by atoms with Gasteiger partial charge in [-0.1, -0.05) is 109 Å². The van der Waals surface area contributed by atoms with E-state index in [1.54, 1.807) is 0 Å². The second kappa shape index (κ2) is 24.8. The number of hydrogen-bond acceptors (Lipinski definition) is 2. The van der Waals surface area contributed by atoms with Crippen LogP contribution < -0.4 is 0 Å². The first-order valence-electron chi connectivity index (χ1n) is 14.1. The van der Waals surface area contributed by atoms with Crippen LogP contribution in [0.5, 0.6) is 0 Å². The van der Waals surface area contributed by atoms with Crippen molar-refractivity contribution < 1.29 is 9.90 Å². The first-order chi connectivity index (χ1) is 15.6. The van der Waals surface area contributed by atoms with E-state index in [1.165, 1.54) is 116 Å². The number of carbonyl (C=O) groups is 1. The summed E-state index contributed by atoms with van der Waals surface area (Å²) in [5.41, 5.74) is 0. The molecule has 0 bridgehead atoms. The van der Waals surface area contributed by atoms with Crippen LogP contribution in [0.4, 0.5) is 0 Å². The largest absolute Gasteiger partial charge is 0.481 e. The number of unbranched alkanes of at least 4 members (excludes halogenated alkanes) is 15. The highest BCUT2D eigenvalue weighted by atomic mass is 16.4. The molecule has 1 N–H and O–H groups in total. The van der Waals surface area contributed by atoms with Crippen molar-refractivity contribution in [1.82, 2.24) is 4.90 Å². The molecule has 0 rings (SSSR count). The second-order valence-corrected chi connectivity index (χ2v) is 10.2. The van der Waals surface area contributed by atoms with Gasteiger partial charge in [0.25, 0.3) is 0 Å². The molecule has 3 nitrogen and oxygen atoms in total. The van der Waals surface area contributed by atoms with Crippen LogP contribution in [0.25, 0.3) is 0 Å². The molecular formula is C29H57NO2. The quantitative estimate of drug-likeness (QED) is 0.111. The first kappa shape index (κ1) is 31.2. The Morgan fingerprint density at radius 3 is 1.59 bits per heavy atom. The standard InChI is InChI=1S/C29H57NO2/c1-4-5-6-7-15-18-21-24-28(27-30(2)3)25-22-19-16-13-11-9-8-10-12-14-17-20-23-26-29(31)32/h14,17,28H,4-13,15-16,18-27H2,1-3H3,(H,31,32). The molecule has 0 saturated heterocycles. The van der Waals surface area contributed by atoms with E-state index < -0.39 is 5.97 Å². The number of carboxylic acids is 1. The first-order valence-corrected chi connectivity index (χ1v) is 14.1. The van der Waals surface area contributed by atoms with Crippen molar-refractivity contribution in [1.29, 1.82) is 0 Å². The second-order valence-electron chi connectivity index (χ2n) is 10.2. The van der Waals surface area contributed by atoms with Gasteiger partial charge < -0.3 is 10.0 Å². The monoisotopic (exact) mass is 451 g/mol. The van der Waals surface area contributed by atoms with Gasteiger partial charge in [-0.3, -0.25) is 4.79 Å². The van der Waals surface area contributed by atoms with Gasteiger partial charge in [-0.05, 0) is 58.5 Å². The smallest absolute Gasteiger partial charge is 0.303 e. The van der Waals surface area contributed by atoms with Gasteiger partial charge in [-0.25, -0.2) is 0 Å². The predicted octanol–water partition coefficient (Wildman–Crippen LogP) is 9.02. The van der Waals surface area contributed by atoms with Crippen LogP contribution in [0.15, 0.2) is 12.2 Å². The van der Waals surface area contributed by atoms with E-state index in [9.17, 15) is 4.79 Å². The van der Waals surface area contributed by atoms with Crippen LogP contribution in [0.2, 0.25) is 0 Å². The summed E-state index contributed by atoms with van der Waals surface area (Å²) in [5.74, 6) is 0.216. The molecule has 0 aromatic carbocycles. The minimum atomic E-state index is -0.685. The lowest BCUT2D eigenvalue weighted by Crippen LogP contribution is -2.21. The molecule has 0 heterocycles. The average molecular weight is 452 g/mol. The Bertz CT molecular complexity index is 419. The lowest BCUT2D eigenvalue weighted by molar-refractivity contribution is -0.137. The maximum atomic E-state index is 10.4. The Labute approximate surface area is 201 Å². The fourth-order valence-corrected chi connectivity index (χ4v) is 4.60. The fourth-order valence-electron chi connectivity index (χ4n) is 4.60. The number of rotatable bonds is 25. The van der Waals surface area contributed by atoms with Crippen LogP contribution >= 0.6 is 0 Å². The number of nitrogens with zero attached hydrogens (tertiary/aromatic N) is 1. The fraction of sp³-hybridized carbons (Fsp3) is 0.897. The topological polar surface area (TPSA) is 40.5 Å². The Balaban J connectivity index is 3.52. The maximum Gasteiger partial charge on any atom is 0.303 e. The van der Waals surface area contributed by atoms with Gasteiger partial charge in [0.1, 0.15) is 0 Å². The molecule has 0 fully saturated rings. The summed E-state index contributed by atoms with van der Waals surface area (Å²) in [6.45, 7) is 3.56. The van der Waals surface area contributed by atoms with Crippen molar-refractivity contribution >= 4 is 5.97 Å². The number of carboxylic acid groups (broad SMARTS) is 1. The van der Waals surface area contributed by atoms with Crippen LogP contribution in [-0.4, -0.2) is 36.6 Å². The average Bonchev–Trinajstić information content (AvgIpc) is 2.75. The Morgan fingerprint density at radius 1 is 0.688 bits per heavy atom. The molecule has 190 valence electrons. The highest BCUT2D eigenvalue weighted by Crippen LogP contribution is 2.20. The van der Waals surface area contributed by atoms with Gasteiger partial charge in [0.05, 0.1) is 0 Å². The van der Waals surface area contributed by atoms with Gasteiger partial charge in [0.15, 0.2) is 0 Å². The molecule has 0 aliphatic heterocycles. The third kappa shape index (κ3) is 25.4. The third-order valence-corrected chi connectivity index (χ3v) is 6.50. The molecule has 0 radical (unpaired) electrons. The van der Waals surface area contributed by atoms with E-state index in [1.807, 2.05) is 0 Å². The van der Waals surface area contributed by atoms with Crippen molar-refractivity contribution in [2.45, 2.75) is 142 Å². The van der Waals surface area contributed by atoms with Crippen molar-refractivity contribution in [3.8, 4) is 0 Å². The molecule has 0 aromatic rings. The zero-order valence-corrected chi connectivity index (χ0v) is 22.1. The lowest BCUT2D eigenvalue weighted by Gasteiger charge is -2.21. The van der Waals surface area contributed by atoms with Crippen molar-refractivity contribution in [2.24, 2.45) is 5.92 Å². The van der Waals surface area contributed by atoms with E-state index in [0.29, 0.717) is 6.42 Å². The van der Waals surface area contributed by atoms with Gasteiger partial charge in [0.2, 0.25) is 0 Å². The third-order valence-electron chi connectivity index (χ3n) is 6.50. The zero-order valence-electron chi connectivity index (χ0n) is 22.1. The minimum Gasteiger partial charge on any atom is -0.481 e. The molecule has 0 spiro atoms. The summed E-state index contributed by atoms with van der Waals surface area (Å²) in [6, 6.07) is 0. The summed E-state index contributed by atoms with van der Waals surface area (Å²) in [4.78, 5) is 12.8. The highest BCUT2D eigenvalue weighted by Gasteiger charge is 2.09. The molecule has 1 atom stereocenters. The minimum absolute atomic E-state index is 0.292. The summed E-state index contributed by atoms with van der Waals surface area (Å²) in [7, 11) is 4.46. The van der Waals surface area contributed by atoms with E-state index in [-0.39, 0.29) is 0 Å². The van der Waals surface area contributed by atoms with Crippen LogP contribution in [0.3, 0.4) is 0 Å². The van der Waals surface area contributed by atoms with E-state index >= 15 is 0 Å². The zero-order chi connectivity index (χ0) is 23.7. The normalized spacial score (nSPS) is 12.8. The number of aliphatic carboxylic acids is 1. The maximum absolute atomic E-state index is 10.4. The predicted molar refractivity (Wildman–Crippen MR) is 141 cm³/mol. The Morgan fingerprint density at radius 2 is 1.12 bits per heavy atom. The summed E-state index contributed by atoms with van der Waals surface area (Å²) >= 11 is 0. The van der Waals surface area contributed by atoms with E-state index in [4.69, 9.17) is 5.11 Å². The molecule has 0 aliphatic carbocycles. The summed E-state index contributed by atoms with van der Waals surface area (Å²) in [6.07, 6.45) is 31.3. The van der Waals surface area contributed by atoms with E-state index in [2.05, 4.69) is 38.1 Å². The van der Waals surface area contributed by atoms with Crippen LogP contribution in [0.1, 0.15) is 142 Å². The molecule has 3 heteroatoms. The lowest BCUT2D eigenvalue weighted by atomic mass is 9.93. The summed E-state index contributed by atoms with van der Waals surface area (Å²) in [5, 5.41) is 8.60. The number of allylic oxidation sites excluding steroid dienone is 2.